The van der Waals surface area contributed by atoms with Crippen molar-refractivity contribution in [3.8, 4) is 0 Å². The highest BCUT2D eigenvalue weighted by molar-refractivity contribution is 5.24. The molecule has 2 aromatic carbocycles. The van der Waals surface area contributed by atoms with Gasteiger partial charge in [-0.1, -0.05) is 119 Å². The average Bonchev–Trinajstić information content (AvgIpc) is 2.66. The van der Waals surface area contributed by atoms with Crippen molar-refractivity contribution in [3.05, 3.63) is 70.8 Å². The van der Waals surface area contributed by atoms with Crippen LogP contribution in [0.4, 0.5) is 0 Å². The van der Waals surface area contributed by atoms with Gasteiger partial charge in [-0.25, -0.2) is 0 Å². The molecule has 32 heavy (non-hydrogen) atoms. The van der Waals surface area contributed by atoms with Crippen molar-refractivity contribution in [2.24, 2.45) is 23.7 Å². The van der Waals surface area contributed by atoms with E-state index < -0.39 is 0 Å². The smallest absolute Gasteiger partial charge is 0.0256 e. The zero-order valence-corrected chi connectivity index (χ0v) is 21.2. The summed E-state index contributed by atoms with van der Waals surface area (Å²) in [7, 11) is 0. The van der Waals surface area contributed by atoms with Gasteiger partial charge in [0.25, 0.3) is 0 Å². The molecular formula is C32H56. The zero-order chi connectivity index (χ0) is 22.5. The van der Waals surface area contributed by atoms with Gasteiger partial charge in [-0.3, -0.25) is 0 Å². The lowest BCUT2D eigenvalue weighted by molar-refractivity contribution is 0.586. The maximum absolute atomic E-state index is 2.38. The van der Waals surface area contributed by atoms with Gasteiger partial charge in [0.1, 0.15) is 0 Å². The third kappa shape index (κ3) is 16.1. The van der Waals surface area contributed by atoms with Crippen molar-refractivity contribution in [1.82, 2.24) is 0 Å². The zero-order valence-electron chi connectivity index (χ0n) is 21.2. The highest BCUT2D eigenvalue weighted by atomic mass is 14.1. The second kappa shape index (κ2) is 17.9. The molecule has 0 nitrogen and oxygen atoms in total. The van der Waals surface area contributed by atoms with Crippen molar-refractivity contribution in [1.29, 1.82) is 0 Å². The Hall–Kier alpha value is -1.56. The van der Waals surface area contributed by atoms with Gasteiger partial charge in [-0.2, -0.15) is 0 Å². The SMILES string of the molecule is C.C.CC(C)CCc1ccc(CC(C)C)cc1.CC(C)CCc1cccc(CC(C)C)c1. The predicted molar refractivity (Wildman–Crippen MR) is 150 cm³/mol. The summed E-state index contributed by atoms with van der Waals surface area (Å²) in [5.74, 6) is 3.12. The van der Waals surface area contributed by atoms with Crippen LogP contribution < -0.4 is 0 Å². The molecule has 0 atom stereocenters. The lowest BCUT2D eigenvalue weighted by Crippen LogP contribution is -1.96. The first kappa shape index (κ1) is 32.6. The molecule has 0 aliphatic carbocycles. The number of hydrogen-bond donors (Lipinski definition) is 0. The Morgan fingerprint density at radius 3 is 1.34 bits per heavy atom. The summed E-state index contributed by atoms with van der Waals surface area (Å²) < 4.78 is 0. The van der Waals surface area contributed by atoms with Crippen LogP contribution in [0, 0.1) is 23.7 Å². The van der Waals surface area contributed by atoms with Crippen molar-refractivity contribution in [2.45, 2.75) is 109 Å². The standard InChI is InChI=1S/2C15H24.2CH4/c1-12(2)5-6-14-7-9-15(10-8-14)11-13(3)4;1-12(2)8-9-14-6-5-7-15(11-14)10-13(3)4;;/h7-10,12-13H,5-6,11H2,1-4H3;5-7,11-13H,8-10H2,1-4H3;2*1H4. The molecule has 0 heterocycles. The van der Waals surface area contributed by atoms with E-state index in [2.05, 4.69) is 104 Å². The summed E-state index contributed by atoms with van der Waals surface area (Å²) in [4.78, 5) is 0. The van der Waals surface area contributed by atoms with Gasteiger partial charge in [0.05, 0.1) is 0 Å². The molecule has 0 unspecified atom stereocenters. The fourth-order valence-electron chi connectivity index (χ4n) is 3.61. The molecule has 0 N–H and O–H groups in total. The van der Waals surface area contributed by atoms with Gasteiger partial charge in [0.2, 0.25) is 0 Å². The van der Waals surface area contributed by atoms with Gasteiger partial charge in [0.15, 0.2) is 0 Å². The highest BCUT2D eigenvalue weighted by Gasteiger charge is 2.01. The van der Waals surface area contributed by atoms with Gasteiger partial charge in [-0.05, 0) is 84.5 Å². The molecule has 0 heteroatoms. The van der Waals surface area contributed by atoms with E-state index in [4.69, 9.17) is 0 Å². The summed E-state index contributed by atoms with van der Waals surface area (Å²) in [5.41, 5.74) is 5.95. The average molecular weight is 441 g/mol. The first-order valence-electron chi connectivity index (χ1n) is 12.3. The first-order valence-corrected chi connectivity index (χ1v) is 12.3. The molecule has 0 aliphatic heterocycles. The second-order valence-corrected chi connectivity index (χ2v) is 10.7. The summed E-state index contributed by atoms with van der Waals surface area (Å²) in [5, 5.41) is 0. The minimum atomic E-state index is 0. The molecule has 0 amide bonds. The fourth-order valence-corrected chi connectivity index (χ4v) is 3.61. The molecule has 2 rings (SSSR count). The van der Waals surface area contributed by atoms with Gasteiger partial charge < -0.3 is 0 Å². The maximum Gasteiger partial charge on any atom is -0.0256 e. The summed E-state index contributed by atoms with van der Waals surface area (Å²) >= 11 is 0. The number of rotatable bonds is 10. The van der Waals surface area contributed by atoms with E-state index in [1.807, 2.05) is 0 Å². The molecule has 0 bridgehead atoms. The van der Waals surface area contributed by atoms with Crippen LogP contribution in [0.2, 0.25) is 0 Å². The van der Waals surface area contributed by atoms with Crippen LogP contribution in [0.15, 0.2) is 48.5 Å². The molecule has 0 fully saturated rings. The van der Waals surface area contributed by atoms with Gasteiger partial charge in [0, 0.05) is 0 Å². The van der Waals surface area contributed by atoms with Gasteiger partial charge in [-0.15, -0.1) is 0 Å². The molecule has 0 spiro atoms. The van der Waals surface area contributed by atoms with Crippen LogP contribution in [-0.2, 0) is 25.7 Å². The van der Waals surface area contributed by atoms with Crippen LogP contribution in [0.3, 0.4) is 0 Å². The monoisotopic (exact) mass is 440 g/mol. The lowest BCUT2D eigenvalue weighted by Gasteiger charge is -2.08. The third-order valence-corrected chi connectivity index (χ3v) is 5.32. The predicted octanol–water partition coefficient (Wildman–Crippen LogP) is 10.2. The summed E-state index contributed by atoms with van der Waals surface area (Å²) in [6, 6.07) is 18.2. The highest BCUT2D eigenvalue weighted by Crippen LogP contribution is 2.14. The Morgan fingerprint density at radius 1 is 0.469 bits per heavy atom. The van der Waals surface area contributed by atoms with E-state index in [-0.39, 0.29) is 14.9 Å². The Labute approximate surface area is 203 Å². The molecule has 0 aliphatic rings. The maximum atomic E-state index is 2.38. The minimum absolute atomic E-state index is 0. The number of aryl methyl sites for hydroxylation is 2. The topological polar surface area (TPSA) is 0 Å². The summed E-state index contributed by atoms with van der Waals surface area (Å²) in [6.07, 6.45) is 7.44. The third-order valence-electron chi connectivity index (χ3n) is 5.32. The summed E-state index contributed by atoms with van der Waals surface area (Å²) in [6.45, 7) is 18.2. The first-order chi connectivity index (χ1) is 14.2. The largest absolute Gasteiger partial charge is 0.0776 e. The van der Waals surface area contributed by atoms with E-state index in [0.717, 1.165) is 23.7 Å². The molecule has 0 aromatic heterocycles. The van der Waals surface area contributed by atoms with Crippen LogP contribution in [-0.4, -0.2) is 0 Å². The lowest BCUT2D eigenvalue weighted by atomic mass is 9.97. The van der Waals surface area contributed by atoms with Crippen LogP contribution in [0.5, 0.6) is 0 Å². The van der Waals surface area contributed by atoms with E-state index in [1.54, 1.807) is 0 Å². The molecule has 0 radical (unpaired) electrons. The quantitative estimate of drug-likeness (QED) is 0.344. The Bertz CT molecular complexity index is 673. The molecule has 0 saturated carbocycles. The fraction of sp³-hybridized carbons (Fsp3) is 0.625. The molecule has 0 saturated heterocycles. The van der Waals surface area contributed by atoms with Crippen molar-refractivity contribution < 1.29 is 0 Å². The Kier molecular flexibility index (Phi) is 18.3. The van der Waals surface area contributed by atoms with Crippen LogP contribution in [0.1, 0.15) is 105 Å². The van der Waals surface area contributed by atoms with Crippen LogP contribution >= 0.6 is 0 Å². The van der Waals surface area contributed by atoms with Crippen LogP contribution in [0.25, 0.3) is 0 Å². The normalized spacial score (nSPS) is 10.6. The number of hydrogen-bond acceptors (Lipinski definition) is 0. The van der Waals surface area contributed by atoms with E-state index in [1.165, 1.54) is 60.8 Å². The van der Waals surface area contributed by atoms with Crippen molar-refractivity contribution in [3.63, 3.8) is 0 Å². The second-order valence-electron chi connectivity index (χ2n) is 10.7. The van der Waals surface area contributed by atoms with Crippen molar-refractivity contribution in [2.75, 3.05) is 0 Å². The van der Waals surface area contributed by atoms with E-state index in [9.17, 15) is 0 Å². The Morgan fingerprint density at radius 2 is 0.875 bits per heavy atom. The molecule has 2 aromatic rings. The van der Waals surface area contributed by atoms with E-state index in [0.29, 0.717) is 0 Å². The number of benzene rings is 2. The molecule has 184 valence electrons. The van der Waals surface area contributed by atoms with Crippen molar-refractivity contribution >= 4 is 0 Å². The van der Waals surface area contributed by atoms with E-state index >= 15 is 0 Å². The minimum Gasteiger partial charge on any atom is -0.0776 e. The Balaban J connectivity index is 0. The molecular weight excluding hydrogens is 384 g/mol. The van der Waals surface area contributed by atoms with Gasteiger partial charge >= 0.3 is 0 Å².